The SMILES string of the molecule is CCCNC(c1cc(F)ccc1F)c1nccn1C. The molecule has 0 aliphatic carbocycles. The number of nitrogens with zero attached hydrogens (tertiary/aromatic N) is 2. The molecule has 1 heterocycles. The number of halogens is 2. The molecule has 0 saturated heterocycles. The maximum atomic E-state index is 13.9. The summed E-state index contributed by atoms with van der Waals surface area (Å²) < 4.78 is 29.1. The molecule has 5 heteroatoms. The van der Waals surface area contributed by atoms with Crippen LogP contribution in [0.3, 0.4) is 0 Å². The topological polar surface area (TPSA) is 29.9 Å². The van der Waals surface area contributed by atoms with Crippen molar-refractivity contribution in [3.8, 4) is 0 Å². The Labute approximate surface area is 111 Å². The zero-order valence-electron chi connectivity index (χ0n) is 11.0. The van der Waals surface area contributed by atoms with Crippen molar-refractivity contribution in [2.24, 2.45) is 7.05 Å². The van der Waals surface area contributed by atoms with Gasteiger partial charge in [-0.3, -0.25) is 0 Å². The van der Waals surface area contributed by atoms with Gasteiger partial charge in [-0.15, -0.1) is 0 Å². The lowest BCUT2D eigenvalue weighted by Gasteiger charge is -2.19. The second-order valence-electron chi connectivity index (χ2n) is 4.45. The van der Waals surface area contributed by atoms with E-state index in [9.17, 15) is 8.78 Å². The highest BCUT2D eigenvalue weighted by Crippen LogP contribution is 2.24. The van der Waals surface area contributed by atoms with E-state index >= 15 is 0 Å². The van der Waals surface area contributed by atoms with Crippen molar-refractivity contribution < 1.29 is 8.78 Å². The van der Waals surface area contributed by atoms with Crippen LogP contribution in [-0.2, 0) is 7.05 Å². The van der Waals surface area contributed by atoms with E-state index in [1.165, 1.54) is 6.07 Å². The summed E-state index contributed by atoms with van der Waals surface area (Å²) in [6, 6.07) is 3.04. The molecule has 0 spiro atoms. The van der Waals surface area contributed by atoms with Crippen LogP contribution in [0.4, 0.5) is 8.78 Å². The fourth-order valence-corrected chi connectivity index (χ4v) is 2.02. The molecule has 0 saturated carbocycles. The molecule has 2 aromatic rings. The van der Waals surface area contributed by atoms with Crippen LogP contribution in [0.1, 0.15) is 30.8 Å². The van der Waals surface area contributed by atoms with Crippen LogP contribution < -0.4 is 5.32 Å². The van der Waals surface area contributed by atoms with Gasteiger partial charge in [-0.25, -0.2) is 13.8 Å². The maximum Gasteiger partial charge on any atom is 0.130 e. The molecule has 3 nitrogen and oxygen atoms in total. The van der Waals surface area contributed by atoms with Crippen LogP contribution in [0.15, 0.2) is 30.6 Å². The number of imidazole rings is 1. The van der Waals surface area contributed by atoms with Crippen molar-refractivity contribution in [1.82, 2.24) is 14.9 Å². The highest BCUT2D eigenvalue weighted by atomic mass is 19.1. The van der Waals surface area contributed by atoms with Gasteiger partial charge < -0.3 is 9.88 Å². The summed E-state index contributed by atoms with van der Waals surface area (Å²) in [5, 5.41) is 3.21. The molecule has 1 unspecified atom stereocenters. The van der Waals surface area contributed by atoms with E-state index in [2.05, 4.69) is 10.3 Å². The average Bonchev–Trinajstić information content (AvgIpc) is 2.80. The van der Waals surface area contributed by atoms with E-state index < -0.39 is 17.7 Å². The van der Waals surface area contributed by atoms with Crippen LogP contribution in [-0.4, -0.2) is 16.1 Å². The number of hydrogen-bond donors (Lipinski definition) is 1. The molecule has 0 aliphatic heterocycles. The van der Waals surface area contributed by atoms with Gasteiger partial charge in [0.25, 0.3) is 0 Å². The third-order valence-corrected chi connectivity index (χ3v) is 2.98. The predicted octanol–water partition coefficient (Wildman–Crippen LogP) is 2.79. The highest BCUT2D eigenvalue weighted by molar-refractivity contribution is 5.27. The van der Waals surface area contributed by atoms with E-state index in [1.807, 2.05) is 14.0 Å². The van der Waals surface area contributed by atoms with Crippen molar-refractivity contribution in [1.29, 1.82) is 0 Å². The normalized spacial score (nSPS) is 12.6. The molecular formula is C14H17F2N3. The molecular weight excluding hydrogens is 248 g/mol. The standard InChI is InChI=1S/C14H17F2N3/c1-3-6-17-13(14-18-7-8-19(14)2)11-9-10(15)4-5-12(11)16/h4-5,7-9,13,17H,3,6H2,1-2H3. The molecule has 1 aromatic carbocycles. The monoisotopic (exact) mass is 265 g/mol. The maximum absolute atomic E-state index is 13.9. The minimum absolute atomic E-state index is 0.280. The molecule has 0 fully saturated rings. The van der Waals surface area contributed by atoms with E-state index in [1.54, 1.807) is 17.0 Å². The van der Waals surface area contributed by atoms with Crippen molar-refractivity contribution in [3.63, 3.8) is 0 Å². The Balaban J connectivity index is 2.42. The third kappa shape index (κ3) is 2.98. The molecule has 19 heavy (non-hydrogen) atoms. The quantitative estimate of drug-likeness (QED) is 0.901. The summed E-state index contributed by atoms with van der Waals surface area (Å²) in [5.74, 6) is -0.218. The summed E-state index contributed by atoms with van der Waals surface area (Å²) in [5.41, 5.74) is 0.280. The first-order valence-electron chi connectivity index (χ1n) is 6.29. The Morgan fingerprint density at radius 1 is 1.37 bits per heavy atom. The van der Waals surface area contributed by atoms with Gasteiger partial charge in [0, 0.05) is 25.0 Å². The van der Waals surface area contributed by atoms with E-state index in [4.69, 9.17) is 0 Å². The van der Waals surface area contributed by atoms with Crippen LogP contribution in [0.5, 0.6) is 0 Å². The molecule has 1 N–H and O–H groups in total. The van der Waals surface area contributed by atoms with Gasteiger partial charge in [0.1, 0.15) is 17.5 Å². The highest BCUT2D eigenvalue weighted by Gasteiger charge is 2.21. The Morgan fingerprint density at radius 2 is 2.16 bits per heavy atom. The van der Waals surface area contributed by atoms with Gasteiger partial charge in [0.05, 0.1) is 6.04 Å². The largest absolute Gasteiger partial charge is 0.336 e. The number of rotatable bonds is 5. The molecule has 0 bridgehead atoms. The van der Waals surface area contributed by atoms with Crippen molar-refractivity contribution in [3.05, 3.63) is 53.6 Å². The second-order valence-corrected chi connectivity index (χ2v) is 4.45. The minimum Gasteiger partial charge on any atom is -0.336 e. The predicted molar refractivity (Wildman–Crippen MR) is 69.7 cm³/mol. The molecule has 1 atom stereocenters. The summed E-state index contributed by atoms with van der Waals surface area (Å²) in [6.07, 6.45) is 4.33. The zero-order chi connectivity index (χ0) is 13.8. The van der Waals surface area contributed by atoms with Crippen LogP contribution in [0.2, 0.25) is 0 Å². The lowest BCUT2D eigenvalue weighted by atomic mass is 10.0. The van der Waals surface area contributed by atoms with E-state index in [-0.39, 0.29) is 5.56 Å². The molecule has 0 amide bonds. The van der Waals surface area contributed by atoms with Crippen LogP contribution >= 0.6 is 0 Å². The zero-order valence-corrected chi connectivity index (χ0v) is 11.0. The molecule has 0 aliphatic rings. The van der Waals surface area contributed by atoms with Crippen molar-refractivity contribution >= 4 is 0 Å². The van der Waals surface area contributed by atoms with E-state index in [0.29, 0.717) is 12.4 Å². The minimum atomic E-state index is -0.450. The number of benzene rings is 1. The number of aromatic nitrogens is 2. The van der Waals surface area contributed by atoms with Gasteiger partial charge >= 0.3 is 0 Å². The molecule has 0 radical (unpaired) electrons. The van der Waals surface area contributed by atoms with Crippen LogP contribution in [0, 0.1) is 11.6 Å². The van der Waals surface area contributed by atoms with Crippen molar-refractivity contribution in [2.75, 3.05) is 6.54 Å². The Kier molecular flexibility index (Phi) is 4.27. The second kappa shape index (κ2) is 5.93. The Hall–Kier alpha value is -1.75. The van der Waals surface area contributed by atoms with Crippen LogP contribution in [0.25, 0.3) is 0 Å². The van der Waals surface area contributed by atoms with Crippen molar-refractivity contribution in [2.45, 2.75) is 19.4 Å². The summed E-state index contributed by atoms with van der Waals surface area (Å²) >= 11 is 0. The smallest absolute Gasteiger partial charge is 0.130 e. The fraction of sp³-hybridized carbons (Fsp3) is 0.357. The van der Waals surface area contributed by atoms with Gasteiger partial charge in [-0.05, 0) is 31.2 Å². The summed E-state index contributed by atoms with van der Waals surface area (Å²) in [4.78, 5) is 4.23. The Bertz CT molecular complexity index is 551. The first kappa shape index (κ1) is 13.7. The molecule has 2 rings (SSSR count). The first-order chi connectivity index (χ1) is 9.13. The molecule has 102 valence electrons. The van der Waals surface area contributed by atoms with Gasteiger partial charge in [0.15, 0.2) is 0 Å². The third-order valence-electron chi connectivity index (χ3n) is 2.98. The number of hydrogen-bond acceptors (Lipinski definition) is 2. The lowest BCUT2D eigenvalue weighted by molar-refractivity contribution is 0.512. The average molecular weight is 265 g/mol. The van der Waals surface area contributed by atoms with E-state index in [0.717, 1.165) is 18.6 Å². The Morgan fingerprint density at radius 3 is 2.79 bits per heavy atom. The van der Waals surface area contributed by atoms with Gasteiger partial charge in [-0.2, -0.15) is 0 Å². The number of aryl methyl sites for hydroxylation is 1. The van der Waals surface area contributed by atoms with Gasteiger partial charge in [0.2, 0.25) is 0 Å². The first-order valence-corrected chi connectivity index (χ1v) is 6.29. The summed E-state index contributed by atoms with van der Waals surface area (Å²) in [6.45, 7) is 2.72. The summed E-state index contributed by atoms with van der Waals surface area (Å²) in [7, 11) is 1.83. The van der Waals surface area contributed by atoms with Gasteiger partial charge in [-0.1, -0.05) is 6.92 Å². The number of nitrogens with one attached hydrogen (secondary N) is 1. The fourth-order valence-electron chi connectivity index (χ4n) is 2.02. The molecule has 1 aromatic heterocycles. The lowest BCUT2D eigenvalue weighted by Crippen LogP contribution is -2.26.